The van der Waals surface area contributed by atoms with E-state index in [1.165, 1.54) is 4.68 Å². The first-order valence-corrected chi connectivity index (χ1v) is 8.07. The lowest BCUT2D eigenvalue weighted by atomic mass is 10.2. The van der Waals surface area contributed by atoms with Gasteiger partial charge in [-0.3, -0.25) is 4.79 Å². The lowest BCUT2D eigenvalue weighted by Crippen LogP contribution is -2.24. The second kappa shape index (κ2) is 6.40. The monoisotopic (exact) mass is 351 g/mol. The number of amides is 1. The fraction of sp³-hybridized carbons (Fsp3) is 0.167. The third-order valence-electron chi connectivity index (χ3n) is 4.09. The number of aromatic nitrogens is 3. The molecule has 0 aliphatic carbocycles. The van der Waals surface area contributed by atoms with Gasteiger partial charge >= 0.3 is 0 Å². The van der Waals surface area contributed by atoms with Gasteiger partial charge in [-0.25, -0.2) is 0 Å². The number of nitrogen functional groups attached to an aromatic ring is 1. The van der Waals surface area contributed by atoms with Crippen molar-refractivity contribution in [3.63, 3.8) is 0 Å². The first-order valence-electron chi connectivity index (χ1n) is 8.07. The number of ether oxygens (including phenoxy) is 2. The number of nitrogens with two attached hydrogens (primary N) is 1. The number of anilines is 1. The Balaban J connectivity index is 1.47. The highest BCUT2D eigenvalue weighted by molar-refractivity contribution is 5.96. The molecule has 132 valence electrons. The minimum Gasteiger partial charge on any atom is -0.454 e. The second-order valence-corrected chi connectivity index (χ2v) is 5.94. The average molecular weight is 351 g/mol. The van der Waals surface area contributed by atoms with Crippen LogP contribution >= 0.6 is 0 Å². The van der Waals surface area contributed by atoms with Gasteiger partial charge in [0.2, 0.25) is 6.79 Å². The highest BCUT2D eigenvalue weighted by atomic mass is 16.7. The van der Waals surface area contributed by atoms with Gasteiger partial charge in [-0.15, -0.1) is 5.10 Å². The van der Waals surface area contributed by atoms with Crippen molar-refractivity contribution in [3.05, 3.63) is 59.3 Å². The molecule has 1 amide bonds. The van der Waals surface area contributed by atoms with Crippen molar-refractivity contribution in [2.45, 2.75) is 13.5 Å². The molecule has 8 nitrogen and oxygen atoms in total. The van der Waals surface area contributed by atoms with Crippen molar-refractivity contribution in [2.24, 2.45) is 0 Å². The molecule has 1 aromatic heterocycles. The molecule has 2 aromatic carbocycles. The molecule has 2 heterocycles. The van der Waals surface area contributed by atoms with Crippen LogP contribution in [0, 0.1) is 6.92 Å². The van der Waals surface area contributed by atoms with E-state index in [-0.39, 0.29) is 18.3 Å². The van der Waals surface area contributed by atoms with Crippen LogP contribution in [0.1, 0.15) is 21.6 Å². The van der Waals surface area contributed by atoms with E-state index >= 15 is 0 Å². The molecule has 1 aliphatic heterocycles. The molecular formula is C18H17N5O3. The largest absolute Gasteiger partial charge is 0.454 e. The highest BCUT2D eigenvalue weighted by Gasteiger charge is 2.19. The summed E-state index contributed by atoms with van der Waals surface area (Å²) in [5.41, 5.74) is 8.89. The Morgan fingerprint density at radius 1 is 1.19 bits per heavy atom. The third kappa shape index (κ3) is 2.92. The van der Waals surface area contributed by atoms with Gasteiger partial charge in [0.05, 0.1) is 5.69 Å². The Hall–Kier alpha value is -3.55. The van der Waals surface area contributed by atoms with Gasteiger partial charge in [0, 0.05) is 6.54 Å². The number of aryl methyl sites for hydroxylation is 1. The first kappa shape index (κ1) is 15.9. The Kier molecular flexibility index (Phi) is 3.92. The summed E-state index contributed by atoms with van der Waals surface area (Å²) in [6, 6.07) is 13.1. The molecule has 0 unspecified atom stereocenters. The smallest absolute Gasteiger partial charge is 0.275 e. The van der Waals surface area contributed by atoms with Gasteiger partial charge in [-0.1, -0.05) is 29.0 Å². The lowest BCUT2D eigenvalue weighted by Gasteiger charge is -2.06. The molecule has 0 radical (unpaired) electrons. The Morgan fingerprint density at radius 2 is 1.96 bits per heavy atom. The molecule has 0 atom stereocenters. The van der Waals surface area contributed by atoms with Crippen LogP contribution in [0.15, 0.2) is 42.5 Å². The van der Waals surface area contributed by atoms with Gasteiger partial charge in [0.15, 0.2) is 23.0 Å². The molecule has 0 saturated carbocycles. The zero-order chi connectivity index (χ0) is 18.1. The van der Waals surface area contributed by atoms with Crippen LogP contribution in [0.3, 0.4) is 0 Å². The summed E-state index contributed by atoms with van der Waals surface area (Å²) in [6.07, 6.45) is 0. The van der Waals surface area contributed by atoms with E-state index in [0.717, 1.165) is 16.8 Å². The summed E-state index contributed by atoms with van der Waals surface area (Å²) in [5.74, 6) is 1.17. The number of rotatable bonds is 4. The zero-order valence-corrected chi connectivity index (χ0v) is 14.1. The van der Waals surface area contributed by atoms with Gasteiger partial charge < -0.3 is 20.5 Å². The van der Waals surface area contributed by atoms with Crippen LogP contribution in [0.4, 0.5) is 5.82 Å². The molecule has 8 heteroatoms. The van der Waals surface area contributed by atoms with Crippen LogP contribution in [0.2, 0.25) is 0 Å². The van der Waals surface area contributed by atoms with E-state index in [1.807, 2.05) is 49.4 Å². The molecule has 4 rings (SSSR count). The van der Waals surface area contributed by atoms with Gasteiger partial charge in [0.25, 0.3) is 5.91 Å². The van der Waals surface area contributed by atoms with Crippen LogP contribution < -0.4 is 20.5 Å². The van der Waals surface area contributed by atoms with E-state index in [4.69, 9.17) is 15.2 Å². The minimum absolute atomic E-state index is 0.0892. The third-order valence-corrected chi connectivity index (χ3v) is 4.09. The summed E-state index contributed by atoms with van der Waals surface area (Å²) in [6.45, 7) is 2.51. The molecule has 0 fully saturated rings. The highest BCUT2D eigenvalue weighted by Crippen LogP contribution is 2.32. The molecular weight excluding hydrogens is 334 g/mol. The summed E-state index contributed by atoms with van der Waals surface area (Å²) in [4.78, 5) is 12.4. The topological polar surface area (TPSA) is 104 Å². The maximum Gasteiger partial charge on any atom is 0.275 e. The predicted molar refractivity (Wildman–Crippen MR) is 94.2 cm³/mol. The van der Waals surface area contributed by atoms with E-state index in [9.17, 15) is 4.79 Å². The van der Waals surface area contributed by atoms with Gasteiger partial charge in [-0.05, 0) is 36.8 Å². The number of benzene rings is 2. The number of hydrogen-bond acceptors (Lipinski definition) is 6. The molecule has 0 bridgehead atoms. The van der Waals surface area contributed by atoms with Crippen molar-refractivity contribution >= 4 is 11.7 Å². The average Bonchev–Trinajstić information content (AvgIpc) is 3.26. The van der Waals surface area contributed by atoms with Crippen molar-refractivity contribution in [2.75, 3.05) is 12.5 Å². The summed E-state index contributed by atoms with van der Waals surface area (Å²) in [7, 11) is 0. The standard InChI is InChI=1S/C18H17N5O3/c1-11-2-5-13(6-3-11)23-17(19)16(21-22-23)18(24)20-9-12-4-7-14-15(8-12)26-10-25-14/h2-8H,9-10,19H2,1H3,(H,20,24). The van der Waals surface area contributed by atoms with Crippen molar-refractivity contribution < 1.29 is 14.3 Å². The Labute approximate surface area is 149 Å². The Morgan fingerprint density at radius 3 is 2.77 bits per heavy atom. The normalized spacial score (nSPS) is 12.2. The Bertz CT molecular complexity index is 965. The quantitative estimate of drug-likeness (QED) is 0.743. The van der Waals surface area contributed by atoms with E-state index in [2.05, 4.69) is 15.6 Å². The fourth-order valence-corrected chi connectivity index (χ4v) is 2.64. The molecule has 3 N–H and O–H groups in total. The van der Waals surface area contributed by atoms with Gasteiger partial charge in [0.1, 0.15) is 0 Å². The second-order valence-electron chi connectivity index (χ2n) is 5.94. The van der Waals surface area contributed by atoms with Crippen LogP contribution in [0.25, 0.3) is 5.69 Å². The van der Waals surface area contributed by atoms with Crippen LogP contribution in [0.5, 0.6) is 11.5 Å². The predicted octanol–water partition coefficient (Wildman–Crippen LogP) is 1.82. The molecule has 3 aromatic rings. The van der Waals surface area contributed by atoms with E-state index < -0.39 is 5.91 Å². The molecule has 0 saturated heterocycles. The fourth-order valence-electron chi connectivity index (χ4n) is 2.64. The van der Waals surface area contributed by atoms with Crippen molar-refractivity contribution in [1.29, 1.82) is 0 Å². The SMILES string of the molecule is Cc1ccc(-n2nnc(C(=O)NCc3ccc4c(c3)OCO4)c2N)cc1. The summed E-state index contributed by atoms with van der Waals surface area (Å²) >= 11 is 0. The molecule has 26 heavy (non-hydrogen) atoms. The summed E-state index contributed by atoms with van der Waals surface area (Å²) < 4.78 is 12.0. The minimum atomic E-state index is -0.390. The number of nitrogens with zero attached hydrogens (tertiary/aromatic N) is 3. The maximum absolute atomic E-state index is 12.4. The van der Waals surface area contributed by atoms with Crippen molar-refractivity contribution in [3.8, 4) is 17.2 Å². The van der Waals surface area contributed by atoms with Crippen LogP contribution in [-0.2, 0) is 6.54 Å². The first-order chi connectivity index (χ1) is 12.6. The summed E-state index contributed by atoms with van der Waals surface area (Å²) in [5, 5.41) is 10.7. The van der Waals surface area contributed by atoms with E-state index in [0.29, 0.717) is 18.0 Å². The zero-order valence-electron chi connectivity index (χ0n) is 14.1. The number of carbonyl (C=O) groups is 1. The molecule has 0 spiro atoms. The van der Waals surface area contributed by atoms with Gasteiger partial charge in [-0.2, -0.15) is 4.68 Å². The number of fused-ring (bicyclic) bond motifs is 1. The van der Waals surface area contributed by atoms with Crippen LogP contribution in [-0.4, -0.2) is 27.7 Å². The number of carbonyl (C=O) groups excluding carboxylic acids is 1. The van der Waals surface area contributed by atoms with E-state index in [1.54, 1.807) is 0 Å². The lowest BCUT2D eigenvalue weighted by molar-refractivity contribution is 0.0946. The van der Waals surface area contributed by atoms with Crippen molar-refractivity contribution in [1.82, 2.24) is 20.3 Å². The number of nitrogens with one attached hydrogen (secondary N) is 1. The maximum atomic E-state index is 12.4. The number of hydrogen-bond donors (Lipinski definition) is 2. The molecule has 1 aliphatic rings.